The summed E-state index contributed by atoms with van der Waals surface area (Å²) in [6.45, 7) is 2.15. The topological polar surface area (TPSA) is 45.2 Å². The first kappa shape index (κ1) is 19.2. The van der Waals surface area contributed by atoms with Crippen molar-refractivity contribution < 1.29 is 4.79 Å². The second kappa shape index (κ2) is 8.52. The van der Waals surface area contributed by atoms with Gasteiger partial charge in [-0.1, -0.05) is 35.3 Å². The van der Waals surface area contributed by atoms with Crippen LogP contribution in [0.25, 0.3) is 11.3 Å². The first-order chi connectivity index (χ1) is 13.6. The number of nitrogens with one attached hydrogen (secondary N) is 1. The summed E-state index contributed by atoms with van der Waals surface area (Å²) < 4.78 is 0. The lowest BCUT2D eigenvalue weighted by Crippen LogP contribution is -2.29. The van der Waals surface area contributed by atoms with Crippen LogP contribution in [0.5, 0.6) is 0 Å². The predicted octanol–water partition coefficient (Wildman–Crippen LogP) is 6.36. The van der Waals surface area contributed by atoms with Gasteiger partial charge in [-0.3, -0.25) is 4.79 Å². The second-order valence-corrected chi connectivity index (χ2v) is 8.40. The molecule has 0 aliphatic carbocycles. The molecule has 0 saturated carbocycles. The Morgan fingerprint density at radius 3 is 2.68 bits per heavy atom. The number of aromatic nitrogens is 1. The molecule has 2 heterocycles. The van der Waals surface area contributed by atoms with Crippen LogP contribution in [0.1, 0.15) is 29.6 Å². The van der Waals surface area contributed by atoms with Crippen LogP contribution in [0, 0.1) is 0 Å². The lowest BCUT2D eigenvalue weighted by atomic mass is 10.1. The van der Waals surface area contributed by atoms with E-state index >= 15 is 0 Å². The number of amides is 1. The van der Waals surface area contributed by atoms with E-state index in [4.69, 9.17) is 28.2 Å². The molecule has 1 aromatic heterocycles. The average molecular weight is 432 g/mol. The van der Waals surface area contributed by atoms with E-state index in [9.17, 15) is 4.79 Å². The van der Waals surface area contributed by atoms with Crippen molar-refractivity contribution >= 4 is 51.3 Å². The van der Waals surface area contributed by atoms with Gasteiger partial charge in [0, 0.05) is 34.7 Å². The fourth-order valence-electron chi connectivity index (χ4n) is 3.26. The summed E-state index contributed by atoms with van der Waals surface area (Å²) in [5.74, 6) is -0.272. The summed E-state index contributed by atoms with van der Waals surface area (Å²) in [7, 11) is 0. The van der Waals surface area contributed by atoms with Gasteiger partial charge in [-0.15, -0.1) is 11.3 Å². The van der Waals surface area contributed by atoms with Crippen LogP contribution in [-0.2, 0) is 0 Å². The molecule has 0 unspecified atom stereocenters. The second-order valence-electron chi connectivity index (χ2n) is 6.72. The monoisotopic (exact) mass is 431 g/mol. The van der Waals surface area contributed by atoms with Crippen LogP contribution in [0.4, 0.5) is 10.8 Å². The molecule has 1 fully saturated rings. The highest BCUT2D eigenvalue weighted by Gasteiger charge is 2.16. The van der Waals surface area contributed by atoms with Crippen molar-refractivity contribution in [3.63, 3.8) is 0 Å². The maximum atomic E-state index is 12.5. The van der Waals surface area contributed by atoms with Gasteiger partial charge in [0.2, 0.25) is 0 Å². The number of carbonyl (C=O) groups is 1. The predicted molar refractivity (Wildman–Crippen MR) is 118 cm³/mol. The largest absolute Gasteiger partial charge is 0.348 e. The van der Waals surface area contributed by atoms with Gasteiger partial charge < -0.3 is 10.2 Å². The van der Waals surface area contributed by atoms with Crippen molar-refractivity contribution in [1.82, 2.24) is 4.98 Å². The minimum Gasteiger partial charge on any atom is -0.348 e. The molecular weight excluding hydrogens is 413 g/mol. The third kappa shape index (κ3) is 4.32. The van der Waals surface area contributed by atoms with Gasteiger partial charge in [0.25, 0.3) is 5.91 Å². The Morgan fingerprint density at radius 1 is 1.07 bits per heavy atom. The maximum Gasteiger partial charge on any atom is 0.257 e. The molecule has 0 bridgehead atoms. The molecule has 4 nitrogen and oxygen atoms in total. The maximum absolute atomic E-state index is 12.5. The number of nitrogens with zero attached hydrogens (tertiary/aromatic N) is 2. The molecule has 3 aromatic rings. The van der Waals surface area contributed by atoms with Crippen molar-refractivity contribution in [2.75, 3.05) is 23.3 Å². The van der Waals surface area contributed by atoms with E-state index in [-0.39, 0.29) is 5.91 Å². The lowest BCUT2D eigenvalue weighted by molar-refractivity contribution is 0.102. The molecule has 1 aliphatic heterocycles. The summed E-state index contributed by atoms with van der Waals surface area (Å²) in [4.78, 5) is 19.7. The molecule has 0 radical (unpaired) electrons. The molecule has 4 rings (SSSR count). The Bertz CT molecular complexity index is 999. The molecular formula is C21H19Cl2N3OS. The van der Waals surface area contributed by atoms with Gasteiger partial charge in [0.05, 0.1) is 16.3 Å². The number of rotatable bonds is 4. The number of halogens is 2. The van der Waals surface area contributed by atoms with Crippen LogP contribution in [0.2, 0.25) is 10.0 Å². The van der Waals surface area contributed by atoms with Gasteiger partial charge in [-0.05, 0) is 49.6 Å². The molecule has 1 amide bonds. The molecule has 1 N–H and O–H groups in total. The van der Waals surface area contributed by atoms with Crippen LogP contribution in [0.15, 0.2) is 47.8 Å². The highest BCUT2D eigenvalue weighted by Crippen LogP contribution is 2.30. The lowest BCUT2D eigenvalue weighted by Gasteiger charge is -2.25. The van der Waals surface area contributed by atoms with E-state index in [1.54, 1.807) is 29.5 Å². The van der Waals surface area contributed by atoms with Gasteiger partial charge in [-0.25, -0.2) is 4.98 Å². The van der Waals surface area contributed by atoms with Crippen LogP contribution >= 0.6 is 34.5 Å². The minimum atomic E-state index is -0.272. The van der Waals surface area contributed by atoms with Crippen LogP contribution < -0.4 is 10.2 Å². The van der Waals surface area contributed by atoms with Gasteiger partial charge in [-0.2, -0.15) is 0 Å². The van der Waals surface area contributed by atoms with E-state index in [1.807, 2.05) is 24.3 Å². The fourth-order valence-corrected chi connectivity index (χ4v) is 4.64. The standard InChI is InChI=1S/C21H19Cl2N3OS/c22-15-7-8-17(18(23)12-15)20(27)24-16-6-4-5-14(11-16)19-13-28-21(25-19)26-9-2-1-3-10-26/h4-8,11-13H,1-3,9-10H2,(H,24,27). The number of thiazole rings is 1. The van der Waals surface area contributed by atoms with E-state index in [2.05, 4.69) is 15.6 Å². The average Bonchev–Trinajstić information content (AvgIpc) is 3.19. The summed E-state index contributed by atoms with van der Waals surface area (Å²) in [6.07, 6.45) is 3.75. The molecule has 1 saturated heterocycles. The number of piperidine rings is 1. The van der Waals surface area contributed by atoms with E-state index in [1.165, 1.54) is 19.3 Å². The Labute approximate surface area is 178 Å². The van der Waals surface area contributed by atoms with E-state index in [0.29, 0.717) is 21.3 Å². The Kier molecular flexibility index (Phi) is 5.85. The van der Waals surface area contributed by atoms with E-state index in [0.717, 1.165) is 29.5 Å². The highest BCUT2D eigenvalue weighted by molar-refractivity contribution is 7.14. The quantitative estimate of drug-likeness (QED) is 0.522. The number of hydrogen-bond acceptors (Lipinski definition) is 4. The number of anilines is 2. The van der Waals surface area contributed by atoms with Gasteiger partial charge in [0.1, 0.15) is 0 Å². The summed E-state index contributed by atoms with van der Waals surface area (Å²) >= 11 is 13.7. The molecule has 2 aromatic carbocycles. The molecule has 144 valence electrons. The fraction of sp³-hybridized carbons (Fsp3) is 0.238. The van der Waals surface area contributed by atoms with Crippen molar-refractivity contribution in [1.29, 1.82) is 0 Å². The minimum absolute atomic E-state index is 0.272. The SMILES string of the molecule is O=C(Nc1cccc(-c2csc(N3CCCCC3)n2)c1)c1ccc(Cl)cc1Cl. The molecule has 1 aliphatic rings. The third-order valence-electron chi connectivity index (χ3n) is 4.71. The van der Waals surface area contributed by atoms with Crippen LogP contribution in [-0.4, -0.2) is 24.0 Å². The molecule has 28 heavy (non-hydrogen) atoms. The van der Waals surface area contributed by atoms with Crippen molar-refractivity contribution in [2.45, 2.75) is 19.3 Å². The molecule has 7 heteroatoms. The Morgan fingerprint density at radius 2 is 1.89 bits per heavy atom. The van der Waals surface area contributed by atoms with Gasteiger partial charge >= 0.3 is 0 Å². The summed E-state index contributed by atoms with van der Waals surface area (Å²) in [5.41, 5.74) is 2.98. The third-order valence-corrected chi connectivity index (χ3v) is 6.16. The zero-order chi connectivity index (χ0) is 19.5. The smallest absolute Gasteiger partial charge is 0.257 e. The Balaban J connectivity index is 1.51. The highest BCUT2D eigenvalue weighted by atomic mass is 35.5. The Hall–Kier alpha value is -2.08. The zero-order valence-electron chi connectivity index (χ0n) is 15.1. The van der Waals surface area contributed by atoms with Gasteiger partial charge in [0.15, 0.2) is 5.13 Å². The van der Waals surface area contributed by atoms with E-state index < -0.39 is 0 Å². The first-order valence-corrected chi connectivity index (χ1v) is 10.8. The van der Waals surface area contributed by atoms with Crippen molar-refractivity contribution in [3.05, 3.63) is 63.5 Å². The van der Waals surface area contributed by atoms with Crippen molar-refractivity contribution in [3.8, 4) is 11.3 Å². The number of carbonyl (C=O) groups excluding carboxylic acids is 1. The molecule has 0 spiro atoms. The zero-order valence-corrected chi connectivity index (χ0v) is 17.4. The number of hydrogen-bond donors (Lipinski definition) is 1. The summed E-state index contributed by atoms with van der Waals surface area (Å²) in [6, 6.07) is 12.5. The van der Waals surface area contributed by atoms with Crippen molar-refractivity contribution in [2.24, 2.45) is 0 Å². The first-order valence-electron chi connectivity index (χ1n) is 9.17. The normalized spacial score (nSPS) is 14.1. The van der Waals surface area contributed by atoms with Crippen LogP contribution in [0.3, 0.4) is 0 Å². The molecule has 0 atom stereocenters. The number of benzene rings is 2. The summed E-state index contributed by atoms with van der Waals surface area (Å²) in [5, 5.41) is 6.86.